The van der Waals surface area contributed by atoms with Crippen molar-refractivity contribution in [3.8, 4) is 5.75 Å². The Balaban J connectivity index is 2.25. The number of halogens is 3. The van der Waals surface area contributed by atoms with E-state index in [1.54, 1.807) is 37.4 Å². The van der Waals surface area contributed by atoms with Crippen LogP contribution in [0.5, 0.6) is 5.75 Å². The average molecular weight is 420 g/mol. The zero-order valence-electron chi connectivity index (χ0n) is 10.4. The third-order valence-corrected chi connectivity index (χ3v) is 4.53. The van der Waals surface area contributed by atoms with Gasteiger partial charge in [-0.1, -0.05) is 11.6 Å². The molecule has 2 aromatic rings. The van der Waals surface area contributed by atoms with Crippen LogP contribution >= 0.6 is 43.5 Å². The molecule has 0 aromatic heterocycles. The Morgan fingerprint density at radius 2 is 1.85 bits per heavy atom. The largest absolute Gasteiger partial charge is 0.497 e. The maximum atomic E-state index is 12.2. The van der Waals surface area contributed by atoms with Crippen molar-refractivity contribution in [2.75, 3.05) is 12.4 Å². The number of nitrogens with one attached hydrogen (secondary N) is 1. The molecule has 104 valence electrons. The summed E-state index contributed by atoms with van der Waals surface area (Å²) >= 11 is 12.7. The van der Waals surface area contributed by atoms with E-state index in [9.17, 15) is 4.79 Å². The number of methoxy groups -OCH3 is 1. The quantitative estimate of drug-likeness (QED) is 0.749. The molecule has 3 nitrogen and oxygen atoms in total. The predicted octanol–water partition coefficient (Wildman–Crippen LogP) is 5.13. The number of ether oxygens (including phenoxy) is 1. The molecule has 0 bridgehead atoms. The van der Waals surface area contributed by atoms with Crippen LogP contribution in [0, 0.1) is 0 Å². The fourth-order valence-electron chi connectivity index (χ4n) is 1.56. The SMILES string of the molecule is COc1ccc(Br)c(NC(=O)c2ccc(Br)c(Cl)c2)c1. The highest BCUT2D eigenvalue weighted by Crippen LogP contribution is 2.28. The van der Waals surface area contributed by atoms with E-state index in [4.69, 9.17) is 16.3 Å². The lowest BCUT2D eigenvalue weighted by atomic mass is 10.2. The first-order chi connectivity index (χ1) is 9.51. The van der Waals surface area contributed by atoms with Crippen molar-refractivity contribution in [3.05, 3.63) is 55.9 Å². The Morgan fingerprint density at radius 3 is 2.50 bits per heavy atom. The minimum atomic E-state index is -0.242. The normalized spacial score (nSPS) is 10.2. The summed E-state index contributed by atoms with van der Waals surface area (Å²) in [4.78, 5) is 12.2. The lowest BCUT2D eigenvalue weighted by Gasteiger charge is -2.10. The Bertz CT molecular complexity index is 662. The van der Waals surface area contributed by atoms with Crippen LogP contribution < -0.4 is 10.1 Å². The summed E-state index contributed by atoms with van der Waals surface area (Å²) in [6, 6.07) is 10.4. The zero-order valence-corrected chi connectivity index (χ0v) is 14.3. The predicted molar refractivity (Wildman–Crippen MR) is 87.8 cm³/mol. The van der Waals surface area contributed by atoms with Gasteiger partial charge >= 0.3 is 0 Å². The van der Waals surface area contributed by atoms with Gasteiger partial charge in [0.25, 0.3) is 5.91 Å². The number of hydrogen-bond donors (Lipinski definition) is 1. The van der Waals surface area contributed by atoms with E-state index in [0.29, 0.717) is 22.0 Å². The third-order valence-electron chi connectivity index (χ3n) is 2.60. The van der Waals surface area contributed by atoms with Gasteiger partial charge in [0.1, 0.15) is 5.75 Å². The number of amides is 1. The summed E-state index contributed by atoms with van der Waals surface area (Å²) in [5.74, 6) is 0.422. The lowest BCUT2D eigenvalue weighted by Crippen LogP contribution is -2.12. The van der Waals surface area contributed by atoms with Crippen molar-refractivity contribution in [2.45, 2.75) is 0 Å². The van der Waals surface area contributed by atoms with Crippen LogP contribution in [0.4, 0.5) is 5.69 Å². The average Bonchev–Trinajstić information content (AvgIpc) is 2.44. The zero-order chi connectivity index (χ0) is 14.7. The molecule has 0 saturated carbocycles. The summed E-state index contributed by atoms with van der Waals surface area (Å²) in [5, 5.41) is 3.30. The van der Waals surface area contributed by atoms with Gasteiger partial charge in [-0.2, -0.15) is 0 Å². The minimum Gasteiger partial charge on any atom is -0.497 e. The molecule has 0 heterocycles. The second-order valence-corrected chi connectivity index (χ2v) is 6.04. The molecule has 2 aromatic carbocycles. The molecule has 0 unspecified atom stereocenters. The summed E-state index contributed by atoms with van der Waals surface area (Å²) in [7, 11) is 1.57. The van der Waals surface area contributed by atoms with Crippen molar-refractivity contribution < 1.29 is 9.53 Å². The molecule has 1 amide bonds. The number of carbonyl (C=O) groups is 1. The van der Waals surface area contributed by atoms with Gasteiger partial charge in [0.05, 0.1) is 17.8 Å². The highest BCUT2D eigenvalue weighted by molar-refractivity contribution is 9.11. The number of hydrogen-bond acceptors (Lipinski definition) is 2. The molecule has 0 aliphatic carbocycles. The van der Waals surface area contributed by atoms with E-state index in [-0.39, 0.29) is 5.91 Å². The number of anilines is 1. The maximum Gasteiger partial charge on any atom is 0.255 e. The molecule has 0 radical (unpaired) electrons. The fraction of sp³-hybridized carbons (Fsp3) is 0.0714. The van der Waals surface area contributed by atoms with Crippen LogP contribution in [0.2, 0.25) is 5.02 Å². The van der Waals surface area contributed by atoms with Crippen LogP contribution in [0.25, 0.3) is 0 Å². The van der Waals surface area contributed by atoms with E-state index in [1.807, 2.05) is 6.07 Å². The van der Waals surface area contributed by atoms with Crippen molar-refractivity contribution >= 4 is 55.1 Å². The summed E-state index contributed by atoms with van der Waals surface area (Å²) in [6.45, 7) is 0. The van der Waals surface area contributed by atoms with Gasteiger partial charge < -0.3 is 10.1 Å². The summed E-state index contributed by atoms with van der Waals surface area (Å²) in [5.41, 5.74) is 1.11. The number of rotatable bonds is 3. The molecule has 0 spiro atoms. The molecule has 0 atom stereocenters. The van der Waals surface area contributed by atoms with E-state index in [1.165, 1.54) is 0 Å². The molecule has 2 rings (SSSR count). The molecule has 0 aliphatic heterocycles. The topological polar surface area (TPSA) is 38.3 Å². The smallest absolute Gasteiger partial charge is 0.255 e. The Kier molecular flexibility index (Phi) is 5.07. The highest BCUT2D eigenvalue weighted by Gasteiger charge is 2.10. The van der Waals surface area contributed by atoms with Crippen molar-refractivity contribution in [1.82, 2.24) is 0 Å². The second-order valence-electron chi connectivity index (χ2n) is 3.93. The van der Waals surface area contributed by atoms with Crippen molar-refractivity contribution in [3.63, 3.8) is 0 Å². The molecule has 0 aliphatic rings. The standard InChI is InChI=1S/C14H10Br2ClNO2/c1-20-9-3-5-11(16)13(7-9)18-14(19)8-2-4-10(15)12(17)6-8/h2-7H,1H3,(H,18,19). The second kappa shape index (κ2) is 6.61. The van der Waals surface area contributed by atoms with Crippen LogP contribution in [0.3, 0.4) is 0 Å². The highest BCUT2D eigenvalue weighted by atomic mass is 79.9. The summed E-state index contributed by atoms with van der Waals surface area (Å²) in [6.07, 6.45) is 0. The van der Waals surface area contributed by atoms with Gasteiger partial charge in [-0.3, -0.25) is 4.79 Å². The molecule has 0 fully saturated rings. The van der Waals surface area contributed by atoms with Crippen molar-refractivity contribution in [2.24, 2.45) is 0 Å². The molecule has 6 heteroatoms. The Labute approximate surface area is 138 Å². The lowest BCUT2D eigenvalue weighted by molar-refractivity contribution is 0.102. The third kappa shape index (κ3) is 3.53. The number of benzene rings is 2. The molecular formula is C14H10Br2ClNO2. The first-order valence-corrected chi connectivity index (χ1v) is 7.57. The van der Waals surface area contributed by atoms with E-state index in [2.05, 4.69) is 37.2 Å². The van der Waals surface area contributed by atoms with Gasteiger partial charge in [0.2, 0.25) is 0 Å². The van der Waals surface area contributed by atoms with Gasteiger partial charge in [-0.05, 0) is 62.2 Å². The monoisotopic (exact) mass is 417 g/mol. The Morgan fingerprint density at radius 1 is 1.15 bits per heavy atom. The molecule has 0 saturated heterocycles. The van der Waals surface area contributed by atoms with Crippen LogP contribution in [-0.4, -0.2) is 13.0 Å². The van der Waals surface area contributed by atoms with E-state index in [0.717, 1.165) is 8.95 Å². The fourth-order valence-corrected chi connectivity index (χ4v) is 2.33. The van der Waals surface area contributed by atoms with E-state index < -0.39 is 0 Å². The van der Waals surface area contributed by atoms with Gasteiger partial charge in [-0.15, -0.1) is 0 Å². The molecule has 1 N–H and O–H groups in total. The first-order valence-electron chi connectivity index (χ1n) is 5.61. The van der Waals surface area contributed by atoms with Crippen LogP contribution in [-0.2, 0) is 0 Å². The Hall–Kier alpha value is -1.04. The van der Waals surface area contributed by atoms with Crippen LogP contribution in [0.15, 0.2) is 45.3 Å². The summed E-state index contributed by atoms with van der Waals surface area (Å²) < 4.78 is 6.65. The van der Waals surface area contributed by atoms with Gasteiger partial charge in [0, 0.05) is 20.6 Å². The minimum absolute atomic E-state index is 0.242. The van der Waals surface area contributed by atoms with Crippen molar-refractivity contribution in [1.29, 1.82) is 0 Å². The van der Waals surface area contributed by atoms with Crippen LogP contribution in [0.1, 0.15) is 10.4 Å². The van der Waals surface area contributed by atoms with Gasteiger partial charge in [0.15, 0.2) is 0 Å². The first kappa shape index (κ1) is 15.4. The maximum absolute atomic E-state index is 12.2. The molecule has 20 heavy (non-hydrogen) atoms. The van der Waals surface area contributed by atoms with Gasteiger partial charge in [-0.25, -0.2) is 0 Å². The molecular weight excluding hydrogens is 409 g/mol. The number of carbonyl (C=O) groups excluding carboxylic acids is 1. The van der Waals surface area contributed by atoms with E-state index >= 15 is 0 Å².